The van der Waals surface area contributed by atoms with E-state index in [0.717, 1.165) is 17.5 Å². The van der Waals surface area contributed by atoms with Gasteiger partial charge in [-0.15, -0.1) is 0 Å². The van der Waals surface area contributed by atoms with Gasteiger partial charge in [-0.25, -0.2) is 9.37 Å². The number of nitrogens with one attached hydrogen (secondary N) is 1. The summed E-state index contributed by atoms with van der Waals surface area (Å²) in [6.45, 7) is 2.28. The molecule has 31 heavy (non-hydrogen) atoms. The predicted octanol–water partition coefficient (Wildman–Crippen LogP) is 6.15. The standard InChI is InChI=1S/C25H23ClFN3O/c1-2-9-22(29-25(31)17-10-4-3-5-11-17)24-28-21-14-6-7-15-23(21)30(24)16-18-19(26)12-8-13-20(18)27/h3-8,10-15,22H,2,9,16H2,1H3,(H,29,31)/t22-/m1/s1. The van der Waals surface area contributed by atoms with Crippen LogP contribution in [0.2, 0.25) is 5.02 Å². The molecular weight excluding hydrogens is 413 g/mol. The van der Waals surface area contributed by atoms with Crippen LogP contribution in [0.3, 0.4) is 0 Å². The van der Waals surface area contributed by atoms with Gasteiger partial charge in [0.2, 0.25) is 0 Å². The predicted molar refractivity (Wildman–Crippen MR) is 122 cm³/mol. The lowest BCUT2D eigenvalue weighted by Crippen LogP contribution is -2.30. The van der Waals surface area contributed by atoms with E-state index in [1.54, 1.807) is 24.3 Å². The number of aromatic nitrogens is 2. The fourth-order valence-electron chi connectivity index (χ4n) is 3.75. The van der Waals surface area contributed by atoms with E-state index in [-0.39, 0.29) is 24.3 Å². The number of nitrogens with zero attached hydrogens (tertiary/aromatic N) is 2. The van der Waals surface area contributed by atoms with Crippen LogP contribution in [0.1, 0.15) is 47.6 Å². The van der Waals surface area contributed by atoms with E-state index in [2.05, 4.69) is 12.2 Å². The van der Waals surface area contributed by atoms with E-state index < -0.39 is 0 Å². The zero-order valence-electron chi connectivity index (χ0n) is 17.2. The maximum atomic E-state index is 14.6. The van der Waals surface area contributed by atoms with Gasteiger partial charge in [-0.3, -0.25) is 4.79 Å². The summed E-state index contributed by atoms with van der Waals surface area (Å²) < 4.78 is 16.5. The third kappa shape index (κ3) is 4.47. The van der Waals surface area contributed by atoms with Gasteiger partial charge < -0.3 is 9.88 Å². The third-order valence-electron chi connectivity index (χ3n) is 5.29. The molecule has 1 N–H and O–H groups in total. The van der Waals surface area contributed by atoms with Gasteiger partial charge in [0.15, 0.2) is 0 Å². The topological polar surface area (TPSA) is 46.9 Å². The summed E-state index contributed by atoms with van der Waals surface area (Å²) in [6.07, 6.45) is 1.55. The van der Waals surface area contributed by atoms with Gasteiger partial charge in [0.1, 0.15) is 11.6 Å². The summed E-state index contributed by atoms with van der Waals surface area (Å²) in [5.74, 6) is 0.157. The van der Waals surface area contributed by atoms with Gasteiger partial charge in [0.25, 0.3) is 5.91 Å². The first-order valence-electron chi connectivity index (χ1n) is 10.3. The number of fused-ring (bicyclic) bond motifs is 1. The number of para-hydroxylation sites is 2. The van der Waals surface area contributed by atoms with Crippen molar-refractivity contribution in [2.75, 3.05) is 0 Å². The molecule has 0 radical (unpaired) electrons. The van der Waals surface area contributed by atoms with E-state index in [4.69, 9.17) is 16.6 Å². The van der Waals surface area contributed by atoms with E-state index in [1.807, 2.05) is 47.0 Å². The highest BCUT2D eigenvalue weighted by atomic mass is 35.5. The van der Waals surface area contributed by atoms with Crippen molar-refractivity contribution in [3.63, 3.8) is 0 Å². The van der Waals surface area contributed by atoms with Crippen molar-refractivity contribution in [2.24, 2.45) is 0 Å². The van der Waals surface area contributed by atoms with Gasteiger partial charge in [-0.1, -0.05) is 61.3 Å². The quantitative estimate of drug-likeness (QED) is 0.378. The number of imidazole rings is 1. The molecule has 158 valence electrons. The van der Waals surface area contributed by atoms with Gasteiger partial charge in [-0.05, 0) is 42.8 Å². The second kappa shape index (κ2) is 9.31. The van der Waals surface area contributed by atoms with Crippen LogP contribution in [0.15, 0.2) is 72.8 Å². The minimum absolute atomic E-state index is 0.165. The van der Waals surface area contributed by atoms with Crippen LogP contribution in [0.5, 0.6) is 0 Å². The molecule has 0 bridgehead atoms. The lowest BCUT2D eigenvalue weighted by Gasteiger charge is -2.20. The van der Waals surface area contributed by atoms with E-state index in [1.165, 1.54) is 6.07 Å². The Morgan fingerprint density at radius 2 is 1.81 bits per heavy atom. The molecule has 0 fully saturated rings. The minimum atomic E-state index is -0.364. The number of rotatable bonds is 7. The van der Waals surface area contributed by atoms with Crippen molar-refractivity contribution in [1.82, 2.24) is 14.9 Å². The highest BCUT2D eigenvalue weighted by Gasteiger charge is 2.23. The number of hydrogen-bond acceptors (Lipinski definition) is 2. The molecule has 0 aliphatic carbocycles. The van der Waals surface area contributed by atoms with Gasteiger partial charge >= 0.3 is 0 Å². The highest BCUT2D eigenvalue weighted by molar-refractivity contribution is 6.31. The lowest BCUT2D eigenvalue weighted by molar-refractivity contribution is 0.0932. The number of hydrogen-bond donors (Lipinski definition) is 1. The van der Waals surface area contributed by atoms with Crippen molar-refractivity contribution in [3.8, 4) is 0 Å². The van der Waals surface area contributed by atoms with E-state index >= 15 is 0 Å². The normalized spacial score (nSPS) is 12.1. The molecule has 6 heteroatoms. The second-order valence-electron chi connectivity index (χ2n) is 7.43. The molecule has 4 nitrogen and oxygen atoms in total. The largest absolute Gasteiger partial charge is 0.342 e. The molecule has 0 aliphatic rings. The number of benzene rings is 3. The molecule has 3 aromatic carbocycles. The molecule has 0 spiro atoms. The van der Waals surface area contributed by atoms with E-state index in [9.17, 15) is 9.18 Å². The SMILES string of the molecule is CCC[C@@H](NC(=O)c1ccccc1)c1nc2ccccc2n1Cc1c(F)cccc1Cl. The first kappa shape index (κ1) is 21.1. The zero-order chi connectivity index (χ0) is 21.8. The van der Waals surface area contributed by atoms with Crippen molar-refractivity contribution in [3.05, 3.63) is 101 Å². The molecule has 4 rings (SSSR count). The Labute approximate surface area is 185 Å². The van der Waals surface area contributed by atoms with Crippen molar-refractivity contribution in [2.45, 2.75) is 32.4 Å². The zero-order valence-corrected chi connectivity index (χ0v) is 17.9. The summed E-state index contributed by atoms with van der Waals surface area (Å²) in [4.78, 5) is 17.7. The maximum Gasteiger partial charge on any atom is 0.251 e. The summed E-state index contributed by atoms with van der Waals surface area (Å²) >= 11 is 6.31. The molecule has 0 aliphatic heterocycles. The molecule has 0 unspecified atom stereocenters. The van der Waals surface area contributed by atoms with Crippen molar-refractivity contribution >= 4 is 28.5 Å². The van der Waals surface area contributed by atoms with Crippen molar-refractivity contribution < 1.29 is 9.18 Å². The first-order chi connectivity index (χ1) is 15.1. The Morgan fingerprint density at radius 1 is 1.06 bits per heavy atom. The number of carbonyl (C=O) groups excluding carboxylic acids is 1. The molecule has 1 atom stereocenters. The fourth-order valence-corrected chi connectivity index (χ4v) is 3.98. The molecule has 1 aromatic heterocycles. The number of amides is 1. The van der Waals surface area contributed by atoms with Crippen LogP contribution < -0.4 is 5.32 Å². The first-order valence-corrected chi connectivity index (χ1v) is 10.7. The average molecular weight is 436 g/mol. The van der Waals surface area contributed by atoms with Crippen LogP contribution in [0.4, 0.5) is 4.39 Å². The van der Waals surface area contributed by atoms with Gasteiger partial charge in [0.05, 0.1) is 23.6 Å². The summed E-state index contributed by atoms with van der Waals surface area (Å²) in [7, 11) is 0. The second-order valence-corrected chi connectivity index (χ2v) is 7.83. The Balaban J connectivity index is 1.77. The maximum absolute atomic E-state index is 14.6. The number of halogens is 2. The van der Waals surface area contributed by atoms with Crippen LogP contribution in [0, 0.1) is 5.82 Å². The van der Waals surface area contributed by atoms with Crippen LogP contribution in [-0.4, -0.2) is 15.5 Å². The number of carbonyl (C=O) groups is 1. The molecule has 0 saturated carbocycles. The Bertz CT molecular complexity index is 1190. The molecule has 1 heterocycles. The minimum Gasteiger partial charge on any atom is -0.342 e. The van der Waals surface area contributed by atoms with Crippen molar-refractivity contribution in [1.29, 1.82) is 0 Å². The highest BCUT2D eigenvalue weighted by Crippen LogP contribution is 2.28. The summed E-state index contributed by atoms with van der Waals surface area (Å²) in [5, 5.41) is 3.48. The Hall–Kier alpha value is -3.18. The molecular formula is C25H23ClFN3O. The van der Waals surface area contributed by atoms with E-state index in [0.29, 0.717) is 28.4 Å². The van der Waals surface area contributed by atoms with Crippen LogP contribution in [0.25, 0.3) is 11.0 Å². The van der Waals surface area contributed by atoms with Crippen LogP contribution in [-0.2, 0) is 6.54 Å². The summed E-state index contributed by atoms with van der Waals surface area (Å²) in [5.41, 5.74) is 2.65. The van der Waals surface area contributed by atoms with Gasteiger partial charge in [0, 0.05) is 16.1 Å². The Morgan fingerprint density at radius 3 is 2.55 bits per heavy atom. The van der Waals surface area contributed by atoms with Crippen LogP contribution >= 0.6 is 11.6 Å². The van der Waals surface area contributed by atoms with Gasteiger partial charge in [-0.2, -0.15) is 0 Å². The molecule has 4 aromatic rings. The fraction of sp³-hybridized carbons (Fsp3) is 0.200. The summed E-state index contributed by atoms with van der Waals surface area (Å²) in [6, 6.07) is 21.1. The third-order valence-corrected chi connectivity index (χ3v) is 5.65. The lowest BCUT2D eigenvalue weighted by atomic mass is 10.1. The smallest absolute Gasteiger partial charge is 0.251 e. The average Bonchev–Trinajstić information content (AvgIpc) is 3.15. The Kier molecular flexibility index (Phi) is 6.33. The monoisotopic (exact) mass is 435 g/mol. The molecule has 1 amide bonds. The molecule has 0 saturated heterocycles.